The highest BCUT2D eigenvalue weighted by Gasteiger charge is 2.25. The van der Waals surface area contributed by atoms with E-state index in [1.165, 1.54) is 5.56 Å². The fourth-order valence-electron chi connectivity index (χ4n) is 7.99. The monoisotopic (exact) mass is 727 g/mol. The van der Waals surface area contributed by atoms with Gasteiger partial charge in [0.1, 0.15) is 11.6 Å². The summed E-state index contributed by atoms with van der Waals surface area (Å²) < 4.78 is 5.28. The standard InChI is InChI=1S/C40H49N13O/c1-24-21-30(44-37-33(24)35(41)48-39(50-37)46-28-12-17-52(18-13-28)23-32-11-16-43-54-32)9-10-31-22-25(2)34-36(42)49-40(51-38(34)45-31)47-29-14-19-53(20-15-29)26(3)27-7-5-4-6-8-27/h4-8,11,16,21-22,26,28-29H,9-10,12-15,17-20,23H2,1-3H3,(H3,41,44,46,48,50)(H3,42,45,47,49,51). The van der Waals surface area contributed by atoms with Crippen LogP contribution in [0, 0.1) is 13.8 Å². The largest absolute Gasteiger partial charge is 0.383 e. The molecule has 2 fully saturated rings. The first-order chi connectivity index (χ1) is 26.3. The highest BCUT2D eigenvalue weighted by Crippen LogP contribution is 2.29. The van der Waals surface area contributed by atoms with Crippen LogP contribution in [0.5, 0.6) is 0 Å². The summed E-state index contributed by atoms with van der Waals surface area (Å²) in [6.45, 7) is 11.0. The molecule has 0 aliphatic carbocycles. The van der Waals surface area contributed by atoms with E-state index in [1.807, 2.05) is 19.9 Å². The molecule has 0 amide bonds. The number of nitrogens with one attached hydrogen (secondary N) is 2. The van der Waals surface area contributed by atoms with Crippen molar-refractivity contribution >= 4 is 45.6 Å². The van der Waals surface area contributed by atoms with Crippen molar-refractivity contribution in [3.63, 3.8) is 0 Å². The van der Waals surface area contributed by atoms with Gasteiger partial charge < -0.3 is 26.6 Å². The second-order valence-electron chi connectivity index (χ2n) is 14.8. The lowest BCUT2D eigenvalue weighted by molar-refractivity contribution is 0.167. The Morgan fingerprint density at radius 3 is 1.78 bits per heavy atom. The van der Waals surface area contributed by atoms with Crippen molar-refractivity contribution in [1.82, 2.24) is 44.9 Å². The maximum absolute atomic E-state index is 6.50. The predicted molar refractivity (Wildman–Crippen MR) is 212 cm³/mol. The zero-order valence-electron chi connectivity index (χ0n) is 31.3. The van der Waals surface area contributed by atoms with Crippen LogP contribution in [-0.2, 0) is 19.4 Å². The van der Waals surface area contributed by atoms with Gasteiger partial charge in [0.05, 0.1) is 23.5 Å². The number of anilines is 4. The van der Waals surface area contributed by atoms with E-state index in [4.69, 9.17) is 35.9 Å². The number of benzene rings is 1. The van der Waals surface area contributed by atoms with Crippen molar-refractivity contribution in [2.75, 3.05) is 48.3 Å². The number of nitrogen functional groups attached to an aromatic ring is 2. The van der Waals surface area contributed by atoms with Gasteiger partial charge in [0.15, 0.2) is 17.1 Å². The molecule has 8 rings (SSSR count). The van der Waals surface area contributed by atoms with Crippen molar-refractivity contribution in [2.45, 2.75) is 84.0 Å². The van der Waals surface area contributed by atoms with Crippen LogP contribution >= 0.6 is 0 Å². The first-order valence-electron chi connectivity index (χ1n) is 19.1. The zero-order valence-corrected chi connectivity index (χ0v) is 31.3. The van der Waals surface area contributed by atoms with Gasteiger partial charge in [-0.25, -0.2) is 9.97 Å². The number of hydrogen-bond acceptors (Lipinski definition) is 14. The summed E-state index contributed by atoms with van der Waals surface area (Å²) in [5.41, 5.74) is 19.4. The van der Waals surface area contributed by atoms with Gasteiger partial charge in [-0.3, -0.25) is 9.80 Å². The third kappa shape index (κ3) is 7.90. The number of aryl methyl sites for hydroxylation is 4. The first-order valence-corrected chi connectivity index (χ1v) is 19.1. The fraction of sp³-hybridized carbons (Fsp3) is 0.425. The number of rotatable bonds is 11. The fourth-order valence-corrected chi connectivity index (χ4v) is 7.99. The van der Waals surface area contributed by atoms with Gasteiger partial charge >= 0.3 is 0 Å². The Bertz CT molecular complexity index is 2210. The van der Waals surface area contributed by atoms with Crippen LogP contribution < -0.4 is 22.1 Å². The van der Waals surface area contributed by atoms with Crippen molar-refractivity contribution in [1.29, 1.82) is 0 Å². The molecule has 1 aromatic carbocycles. The second kappa shape index (κ2) is 15.5. The smallest absolute Gasteiger partial charge is 0.226 e. The van der Waals surface area contributed by atoms with Crippen molar-refractivity contribution in [3.05, 3.63) is 88.6 Å². The molecule has 14 heteroatoms. The summed E-state index contributed by atoms with van der Waals surface area (Å²) in [7, 11) is 0. The van der Waals surface area contributed by atoms with E-state index in [1.54, 1.807) is 6.20 Å². The molecule has 2 aliphatic rings. The molecule has 0 bridgehead atoms. The minimum atomic E-state index is 0.245. The molecule has 6 N–H and O–H groups in total. The van der Waals surface area contributed by atoms with Crippen molar-refractivity contribution in [3.8, 4) is 0 Å². The molecule has 14 nitrogen and oxygen atoms in total. The van der Waals surface area contributed by atoms with Gasteiger partial charge in [0.2, 0.25) is 11.9 Å². The summed E-state index contributed by atoms with van der Waals surface area (Å²) >= 11 is 0. The highest BCUT2D eigenvalue weighted by molar-refractivity contribution is 5.90. The minimum Gasteiger partial charge on any atom is -0.383 e. The third-order valence-electron chi connectivity index (χ3n) is 11.0. The van der Waals surface area contributed by atoms with Crippen LogP contribution in [-0.4, -0.2) is 83.1 Å². The lowest BCUT2D eigenvalue weighted by Crippen LogP contribution is -2.40. The van der Waals surface area contributed by atoms with E-state index < -0.39 is 0 Å². The number of pyridine rings is 2. The van der Waals surface area contributed by atoms with Crippen molar-refractivity contribution in [2.24, 2.45) is 0 Å². The molecule has 0 radical (unpaired) electrons. The second-order valence-corrected chi connectivity index (χ2v) is 14.8. The quantitative estimate of drug-likeness (QED) is 0.129. The van der Waals surface area contributed by atoms with E-state index in [2.05, 4.69) is 84.9 Å². The van der Waals surface area contributed by atoms with E-state index >= 15 is 0 Å². The first kappa shape index (κ1) is 35.6. The van der Waals surface area contributed by atoms with Crippen LogP contribution in [0.15, 0.2) is 59.3 Å². The van der Waals surface area contributed by atoms with Crippen LogP contribution in [0.3, 0.4) is 0 Å². The molecule has 6 aromatic rings. The minimum absolute atomic E-state index is 0.245. The summed E-state index contributed by atoms with van der Waals surface area (Å²) in [5, 5.41) is 12.5. The summed E-state index contributed by atoms with van der Waals surface area (Å²) in [6, 6.07) is 17.7. The van der Waals surface area contributed by atoms with E-state index in [0.29, 0.717) is 53.7 Å². The number of fused-ring (bicyclic) bond motifs is 2. The van der Waals surface area contributed by atoms with Crippen molar-refractivity contribution < 1.29 is 4.52 Å². The molecule has 54 heavy (non-hydrogen) atoms. The SMILES string of the molecule is Cc1cc(CCc2cc(C)c3c(N)nc(NC4CCN(C(C)c5ccccc5)CC4)nc3n2)nc2nc(NC3CCN(Cc4ccno4)CC3)nc(N)c12. The Morgan fingerprint density at radius 2 is 1.26 bits per heavy atom. The molecule has 5 aromatic heterocycles. The molecule has 1 unspecified atom stereocenters. The Balaban J connectivity index is 0.917. The molecule has 1 atom stereocenters. The van der Waals surface area contributed by atoms with Crippen LogP contribution in [0.4, 0.5) is 23.5 Å². The molecular formula is C40H49N13O. The summed E-state index contributed by atoms with van der Waals surface area (Å²) in [4.78, 5) is 33.8. The molecule has 0 spiro atoms. The number of hydrogen-bond donors (Lipinski definition) is 4. The van der Waals surface area contributed by atoms with Gasteiger partial charge in [0, 0.05) is 61.8 Å². The van der Waals surface area contributed by atoms with E-state index in [0.717, 1.165) is 97.5 Å². The normalized spacial score (nSPS) is 16.9. The highest BCUT2D eigenvalue weighted by atomic mass is 16.5. The average Bonchev–Trinajstić information content (AvgIpc) is 3.68. The average molecular weight is 728 g/mol. The van der Waals surface area contributed by atoms with Crippen LogP contribution in [0.25, 0.3) is 22.1 Å². The third-order valence-corrected chi connectivity index (χ3v) is 11.0. The van der Waals surface area contributed by atoms with Gasteiger partial charge in [-0.1, -0.05) is 35.5 Å². The Kier molecular flexibility index (Phi) is 10.2. The number of aromatic nitrogens is 7. The zero-order chi connectivity index (χ0) is 37.2. The molecule has 280 valence electrons. The summed E-state index contributed by atoms with van der Waals surface area (Å²) in [5.74, 6) is 2.80. The van der Waals surface area contributed by atoms with Crippen LogP contribution in [0.2, 0.25) is 0 Å². The van der Waals surface area contributed by atoms with Crippen LogP contribution in [0.1, 0.15) is 72.5 Å². The van der Waals surface area contributed by atoms with E-state index in [9.17, 15) is 0 Å². The Hall–Kier alpha value is -5.47. The molecule has 7 heterocycles. The number of likely N-dealkylation sites (tertiary alicyclic amines) is 2. The number of nitrogens with zero attached hydrogens (tertiary/aromatic N) is 9. The Morgan fingerprint density at radius 1 is 0.722 bits per heavy atom. The van der Waals surface area contributed by atoms with Gasteiger partial charge in [0.25, 0.3) is 0 Å². The lowest BCUT2D eigenvalue weighted by Gasteiger charge is -2.36. The topological polar surface area (TPSA) is 186 Å². The van der Waals surface area contributed by atoms with E-state index in [-0.39, 0.29) is 12.1 Å². The maximum atomic E-state index is 6.50. The molecule has 2 aliphatic heterocycles. The predicted octanol–water partition coefficient (Wildman–Crippen LogP) is 5.63. The Labute approximate surface area is 315 Å². The summed E-state index contributed by atoms with van der Waals surface area (Å²) in [6.07, 6.45) is 6.97. The van der Waals surface area contributed by atoms with Gasteiger partial charge in [-0.2, -0.15) is 19.9 Å². The van der Waals surface area contributed by atoms with Gasteiger partial charge in [-0.15, -0.1) is 0 Å². The maximum Gasteiger partial charge on any atom is 0.226 e. The molecular weight excluding hydrogens is 679 g/mol. The lowest BCUT2D eigenvalue weighted by atomic mass is 10.0. The molecule has 0 saturated carbocycles. The number of nitrogens with two attached hydrogens (primary N) is 2. The number of piperidine rings is 2. The molecule has 2 saturated heterocycles. The van der Waals surface area contributed by atoms with Gasteiger partial charge in [-0.05, 0) is 88.1 Å².